The molecule has 0 aliphatic rings. The molecule has 0 atom stereocenters. The van der Waals surface area contributed by atoms with Gasteiger partial charge in [0.1, 0.15) is 5.01 Å². The number of hydrogen-bond acceptors (Lipinski definition) is 4. The number of nitrogens with zero attached hydrogens (tertiary/aromatic N) is 2. The maximum Gasteiger partial charge on any atom is 0.223 e. The molecule has 2 aromatic rings. The smallest absolute Gasteiger partial charge is 0.223 e. The fourth-order valence-corrected chi connectivity index (χ4v) is 2.82. The molecule has 0 aliphatic heterocycles. The zero-order chi connectivity index (χ0) is 17.0. The first kappa shape index (κ1) is 17.2. The molecule has 0 aliphatic carbocycles. The quantitative estimate of drug-likeness (QED) is 0.759. The number of ketones is 1. The first-order chi connectivity index (χ1) is 10.9. The number of aryl methyl sites for hydroxylation is 1. The summed E-state index contributed by atoms with van der Waals surface area (Å²) >= 11 is 1.47. The Bertz CT molecular complexity index is 731. The van der Waals surface area contributed by atoms with Gasteiger partial charge in [0.05, 0.1) is 6.54 Å². The molecule has 0 bridgehead atoms. The van der Waals surface area contributed by atoms with Crippen molar-refractivity contribution in [1.82, 2.24) is 9.88 Å². The van der Waals surface area contributed by atoms with Crippen LogP contribution >= 0.6 is 11.3 Å². The van der Waals surface area contributed by atoms with Gasteiger partial charge in [-0.1, -0.05) is 0 Å². The minimum atomic E-state index is -1.07. The standard InChI is InChI=1S/C16H16F2N2O2S/c1-10-9-23-15(19-10)8-20(2)16(22)6-5-14(21)11-3-4-12(17)13(18)7-11/h3-4,7,9H,5-6,8H2,1-2H3. The van der Waals surface area contributed by atoms with Crippen molar-refractivity contribution in [2.45, 2.75) is 26.3 Å². The van der Waals surface area contributed by atoms with Crippen LogP contribution < -0.4 is 0 Å². The molecule has 1 amide bonds. The highest BCUT2D eigenvalue weighted by Crippen LogP contribution is 2.14. The highest BCUT2D eigenvalue weighted by molar-refractivity contribution is 7.09. The second kappa shape index (κ2) is 7.41. The van der Waals surface area contributed by atoms with E-state index >= 15 is 0 Å². The lowest BCUT2D eigenvalue weighted by Crippen LogP contribution is -2.26. The molecule has 2 rings (SSSR count). The molecule has 0 unspecified atom stereocenters. The van der Waals surface area contributed by atoms with Gasteiger partial charge >= 0.3 is 0 Å². The molecule has 1 heterocycles. The van der Waals surface area contributed by atoms with Gasteiger partial charge in [0.15, 0.2) is 17.4 Å². The van der Waals surface area contributed by atoms with Crippen molar-refractivity contribution in [3.8, 4) is 0 Å². The Morgan fingerprint density at radius 3 is 2.57 bits per heavy atom. The Labute approximate surface area is 136 Å². The number of thiazole rings is 1. The normalized spacial score (nSPS) is 10.6. The first-order valence-electron chi connectivity index (χ1n) is 7.00. The molecule has 122 valence electrons. The molecular weight excluding hydrogens is 322 g/mol. The monoisotopic (exact) mass is 338 g/mol. The molecule has 1 aromatic heterocycles. The molecule has 1 aromatic carbocycles. The van der Waals surface area contributed by atoms with Gasteiger partial charge in [0.25, 0.3) is 0 Å². The number of aromatic nitrogens is 1. The highest BCUT2D eigenvalue weighted by Gasteiger charge is 2.15. The van der Waals surface area contributed by atoms with E-state index in [0.717, 1.165) is 22.8 Å². The zero-order valence-corrected chi connectivity index (χ0v) is 13.6. The van der Waals surface area contributed by atoms with E-state index < -0.39 is 17.4 Å². The molecular formula is C16H16F2N2O2S. The van der Waals surface area contributed by atoms with Gasteiger partial charge in [-0.25, -0.2) is 13.8 Å². The van der Waals surface area contributed by atoms with E-state index in [0.29, 0.717) is 6.54 Å². The third-order valence-corrected chi connectivity index (χ3v) is 4.22. The molecule has 0 spiro atoms. The highest BCUT2D eigenvalue weighted by atomic mass is 32.1. The van der Waals surface area contributed by atoms with Gasteiger partial charge in [0, 0.05) is 36.5 Å². The summed E-state index contributed by atoms with van der Waals surface area (Å²) in [5.41, 5.74) is 0.967. The summed E-state index contributed by atoms with van der Waals surface area (Å²) in [7, 11) is 1.64. The van der Waals surface area contributed by atoms with Gasteiger partial charge in [-0.2, -0.15) is 0 Å². The molecule has 4 nitrogen and oxygen atoms in total. The van der Waals surface area contributed by atoms with Crippen molar-refractivity contribution in [3.05, 3.63) is 51.5 Å². The Hall–Kier alpha value is -2.15. The summed E-state index contributed by atoms with van der Waals surface area (Å²) in [5, 5.41) is 2.73. The van der Waals surface area contributed by atoms with Gasteiger partial charge in [-0.05, 0) is 25.1 Å². The maximum atomic E-state index is 13.1. The second-order valence-electron chi connectivity index (χ2n) is 5.18. The number of halogens is 2. The topological polar surface area (TPSA) is 50.3 Å². The lowest BCUT2D eigenvalue weighted by atomic mass is 10.1. The summed E-state index contributed by atoms with van der Waals surface area (Å²) in [6.07, 6.45) is -0.0379. The minimum Gasteiger partial charge on any atom is -0.339 e. The number of amides is 1. The van der Waals surface area contributed by atoms with Crippen LogP contribution in [0.5, 0.6) is 0 Å². The number of carbonyl (C=O) groups is 2. The largest absolute Gasteiger partial charge is 0.339 e. The summed E-state index contributed by atoms with van der Waals surface area (Å²) in [4.78, 5) is 29.7. The summed E-state index contributed by atoms with van der Waals surface area (Å²) in [5.74, 6) is -2.67. The van der Waals surface area contributed by atoms with Crippen LogP contribution in [0.2, 0.25) is 0 Å². The predicted molar refractivity (Wildman–Crippen MR) is 83.2 cm³/mol. The third-order valence-electron chi connectivity index (χ3n) is 3.27. The average molecular weight is 338 g/mol. The molecule has 7 heteroatoms. The Morgan fingerprint density at radius 1 is 1.22 bits per heavy atom. The van der Waals surface area contributed by atoms with E-state index in [1.165, 1.54) is 22.3 Å². The van der Waals surface area contributed by atoms with Crippen LogP contribution in [0.25, 0.3) is 0 Å². The van der Waals surface area contributed by atoms with Gasteiger partial charge < -0.3 is 4.90 Å². The van der Waals surface area contributed by atoms with Crippen molar-refractivity contribution in [2.75, 3.05) is 7.05 Å². The van der Waals surface area contributed by atoms with Crippen LogP contribution in [0.3, 0.4) is 0 Å². The van der Waals surface area contributed by atoms with E-state index in [1.54, 1.807) is 7.05 Å². The average Bonchev–Trinajstić information content (AvgIpc) is 2.92. The Morgan fingerprint density at radius 2 is 1.96 bits per heavy atom. The van der Waals surface area contributed by atoms with Crippen molar-refractivity contribution in [2.24, 2.45) is 0 Å². The van der Waals surface area contributed by atoms with Crippen LogP contribution in [0.15, 0.2) is 23.6 Å². The van der Waals surface area contributed by atoms with Gasteiger partial charge in [-0.15, -0.1) is 11.3 Å². The van der Waals surface area contributed by atoms with Crippen molar-refractivity contribution < 1.29 is 18.4 Å². The SMILES string of the molecule is Cc1csc(CN(C)C(=O)CCC(=O)c2ccc(F)c(F)c2)n1. The summed E-state index contributed by atoms with van der Waals surface area (Å²) in [6, 6.07) is 2.97. The molecule has 0 N–H and O–H groups in total. The van der Waals surface area contributed by atoms with E-state index in [-0.39, 0.29) is 24.3 Å². The third kappa shape index (κ3) is 4.66. The van der Waals surface area contributed by atoms with Crippen molar-refractivity contribution in [3.63, 3.8) is 0 Å². The van der Waals surface area contributed by atoms with Gasteiger partial charge in [0.2, 0.25) is 5.91 Å². The van der Waals surface area contributed by atoms with Crippen LogP contribution in [0.4, 0.5) is 8.78 Å². The van der Waals surface area contributed by atoms with Crippen LogP contribution in [0.1, 0.15) is 33.9 Å². The maximum absolute atomic E-state index is 13.1. The van der Waals surface area contributed by atoms with E-state index in [2.05, 4.69) is 4.98 Å². The lowest BCUT2D eigenvalue weighted by Gasteiger charge is -2.15. The van der Waals surface area contributed by atoms with Crippen molar-refractivity contribution >= 4 is 23.0 Å². The molecule has 0 fully saturated rings. The van der Waals surface area contributed by atoms with E-state index in [4.69, 9.17) is 0 Å². The van der Waals surface area contributed by atoms with E-state index in [9.17, 15) is 18.4 Å². The Balaban J connectivity index is 1.87. The first-order valence-corrected chi connectivity index (χ1v) is 7.88. The molecule has 0 saturated heterocycles. The molecule has 0 radical (unpaired) electrons. The summed E-state index contributed by atoms with van der Waals surface area (Å²) < 4.78 is 25.9. The fraction of sp³-hybridized carbons (Fsp3) is 0.312. The minimum absolute atomic E-state index is 0.0126. The summed E-state index contributed by atoms with van der Waals surface area (Å²) in [6.45, 7) is 2.26. The number of carbonyl (C=O) groups excluding carboxylic acids is 2. The zero-order valence-electron chi connectivity index (χ0n) is 12.8. The molecule has 0 saturated carbocycles. The molecule has 23 heavy (non-hydrogen) atoms. The van der Waals surface area contributed by atoms with Crippen LogP contribution in [0, 0.1) is 18.6 Å². The van der Waals surface area contributed by atoms with Crippen molar-refractivity contribution in [1.29, 1.82) is 0 Å². The number of rotatable bonds is 6. The van der Waals surface area contributed by atoms with Crippen LogP contribution in [-0.2, 0) is 11.3 Å². The predicted octanol–water partition coefficient (Wildman–Crippen LogP) is 3.35. The second-order valence-corrected chi connectivity index (χ2v) is 6.13. The Kier molecular flexibility index (Phi) is 5.54. The fourth-order valence-electron chi connectivity index (χ4n) is 1.99. The van der Waals surface area contributed by atoms with Crippen LogP contribution in [-0.4, -0.2) is 28.6 Å². The number of benzene rings is 1. The van der Waals surface area contributed by atoms with E-state index in [1.807, 2.05) is 12.3 Å². The van der Waals surface area contributed by atoms with Gasteiger partial charge in [-0.3, -0.25) is 9.59 Å². The number of Topliss-reactive ketones (excluding diaryl/α,β-unsaturated/α-hetero) is 1. The lowest BCUT2D eigenvalue weighted by molar-refractivity contribution is -0.130. The number of hydrogen-bond donors (Lipinski definition) is 0.